The summed E-state index contributed by atoms with van der Waals surface area (Å²) in [4.78, 5) is 4.01. The average molecular weight is 217 g/mol. The summed E-state index contributed by atoms with van der Waals surface area (Å²) >= 11 is 0. The normalized spacial score (nSPS) is 10.4. The highest BCUT2D eigenvalue weighted by Crippen LogP contribution is 2.20. The van der Waals surface area contributed by atoms with Crippen molar-refractivity contribution in [3.63, 3.8) is 0 Å². The first-order chi connectivity index (χ1) is 7.83. The maximum absolute atomic E-state index is 5.62. The molecular weight excluding hydrogens is 202 g/mol. The largest absolute Gasteiger partial charge is 0.496 e. The van der Waals surface area contributed by atoms with Crippen molar-refractivity contribution < 1.29 is 4.74 Å². The van der Waals surface area contributed by atoms with Crippen molar-refractivity contribution in [2.75, 3.05) is 7.11 Å². The van der Waals surface area contributed by atoms with Gasteiger partial charge in [-0.25, -0.2) is 4.98 Å². The lowest BCUT2D eigenvalue weighted by atomic mass is 10.1. The smallest absolute Gasteiger partial charge is 0.123 e. The van der Waals surface area contributed by atoms with Crippen molar-refractivity contribution >= 4 is 0 Å². The van der Waals surface area contributed by atoms with E-state index in [1.54, 1.807) is 19.6 Å². The zero-order valence-corrected chi connectivity index (χ0v) is 9.26. The summed E-state index contributed by atoms with van der Waals surface area (Å²) in [5.41, 5.74) is 7.82. The van der Waals surface area contributed by atoms with Gasteiger partial charge in [0.15, 0.2) is 0 Å². The van der Waals surface area contributed by atoms with Gasteiger partial charge in [0.1, 0.15) is 5.75 Å². The lowest BCUT2D eigenvalue weighted by Gasteiger charge is -2.09. The number of aromatic nitrogens is 2. The van der Waals surface area contributed by atoms with E-state index >= 15 is 0 Å². The first-order valence-electron chi connectivity index (χ1n) is 5.15. The highest BCUT2D eigenvalue weighted by molar-refractivity contribution is 5.37. The summed E-state index contributed by atoms with van der Waals surface area (Å²) in [6.07, 6.45) is 5.50. The van der Waals surface area contributed by atoms with Crippen molar-refractivity contribution in [3.05, 3.63) is 48.0 Å². The molecule has 0 spiro atoms. The number of ether oxygens (including phenoxy) is 1. The van der Waals surface area contributed by atoms with Gasteiger partial charge in [0.05, 0.1) is 13.4 Å². The number of imidazole rings is 1. The van der Waals surface area contributed by atoms with E-state index < -0.39 is 0 Å². The van der Waals surface area contributed by atoms with Gasteiger partial charge < -0.3 is 15.0 Å². The molecule has 0 aliphatic rings. The van der Waals surface area contributed by atoms with Gasteiger partial charge in [-0.1, -0.05) is 12.1 Å². The van der Waals surface area contributed by atoms with Crippen molar-refractivity contribution in [1.29, 1.82) is 0 Å². The number of methoxy groups -OCH3 is 1. The Kier molecular flexibility index (Phi) is 3.22. The van der Waals surface area contributed by atoms with E-state index in [0.29, 0.717) is 6.54 Å². The molecule has 0 saturated heterocycles. The minimum atomic E-state index is 0.495. The summed E-state index contributed by atoms with van der Waals surface area (Å²) in [5.74, 6) is 0.847. The monoisotopic (exact) mass is 217 g/mol. The molecule has 2 N–H and O–H groups in total. The molecular formula is C12H15N3O. The van der Waals surface area contributed by atoms with E-state index in [-0.39, 0.29) is 0 Å². The zero-order valence-electron chi connectivity index (χ0n) is 9.26. The minimum Gasteiger partial charge on any atom is -0.496 e. The minimum absolute atomic E-state index is 0.495. The predicted molar refractivity (Wildman–Crippen MR) is 62.2 cm³/mol. The van der Waals surface area contributed by atoms with Crippen LogP contribution in [-0.4, -0.2) is 16.7 Å². The Morgan fingerprint density at radius 3 is 2.94 bits per heavy atom. The second kappa shape index (κ2) is 4.81. The Labute approximate surface area is 94.7 Å². The molecule has 4 nitrogen and oxygen atoms in total. The SMILES string of the molecule is COc1cc(Cn2ccnc2)ccc1CN. The van der Waals surface area contributed by atoms with Gasteiger partial charge in [-0.2, -0.15) is 0 Å². The molecule has 0 bridgehead atoms. The van der Waals surface area contributed by atoms with Gasteiger partial charge in [-0.15, -0.1) is 0 Å². The van der Waals surface area contributed by atoms with Gasteiger partial charge >= 0.3 is 0 Å². The van der Waals surface area contributed by atoms with Gasteiger partial charge in [-0.05, 0) is 11.6 Å². The van der Waals surface area contributed by atoms with Crippen LogP contribution in [0.5, 0.6) is 5.75 Å². The van der Waals surface area contributed by atoms with Gasteiger partial charge in [-0.3, -0.25) is 0 Å². The average Bonchev–Trinajstić information content (AvgIpc) is 2.81. The molecule has 0 saturated carbocycles. The van der Waals surface area contributed by atoms with Crippen LogP contribution in [0.2, 0.25) is 0 Å². The molecule has 0 amide bonds. The molecule has 0 unspecified atom stereocenters. The second-order valence-electron chi connectivity index (χ2n) is 3.59. The number of rotatable bonds is 4. The Morgan fingerprint density at radius 2 is 2.31 bits per heavy atom. The van der Waals surface area contributed by atoms with E-state index in [2.05, 4.69) is 11.1 Å². The van der Waals surface area contributed by atoms with Crippen molar-refractivity contribution in [2.24, 2.45) is 5.73 Å². The van der Waals surface area contributed by atoms with Crippen LogP contribution in [0.3, 0.4) is 0 Å². The third kappa shape index (κ3) is 2.23. The van der Waals surface area contributed by atoms with Crippen LogP contribution in [0.4, 0.5) is 0 Å². The lowest BCUT2D eigenvalue weighted by Crippen LogP contribution is -2.02. The van der Waals surface area contributed by atoms with Crippen LogP contribution in [0.15, 0.2) is 36.9 Å². The third-order valence-corrected chi connectivity index (χ3v) is 2.50. The summed E-state index contributed by atoms with van der Waals surface area (Å²) in [7, 11) is 1.66. The van der Waals surface area contributed by atoms with Crippen LogP contribution in [0.25, 0.3) is 0 Å². The number of benzene rings is 1. The predicted octanol–water partition coefficient (Wildman–Crippen LogP) is 1.40. The van der Waals surface area contributed by atoms with E-state index in [1.807, 2.05) is 22.9 Å². The zero-order chi connectivity index (χ0) is 11.4. The maximum atomic E-state index is 5.62. The van der Waals surface area contributed by atoms with Gasteiger partial charge in [0.25, 0.3) is 0 Å². The maximum Gasteiger partial charge on any atom is 0.123 e. The fraction of sp³-hybridized carbons (Fsp3) is 0.250. The number of hydrogen-bond acceptors (Lipinski definition) is 3. The Bertz CT molecular complexity index is 451. The molecule has 1 aromatic carbocycles. The van der Waals surface area contributed by atoms with Crippen LogP contribution < -0.4 is 10.5 Å². The topological polar surface area (TPSA) is 53.1 Å². The van der Waals surface area contributed by atoms with Crippen LogP contribution >= 0.6 is 0 Å². The Hall–Kier alpha value is -1.81. The molecule has 0 fully saturated rings. The first-order valence-corrected chi connectivity index (χ1v) is 5.15. The quantitative estimate of drug-likeness (QED) is 0.842. The van der Waals surface area contributed by atoms with Gasteiger partial charge in [0, 0.05) is 31.0 Å². The van der Waals surface area contributed by atoms with Crippen molar-refractivity contribution in [3.8, 4) is 5.75 Å². The van der Waals surface area contributed by atoms with Crippen LogP contribution in [0.1, 0.15) is 11.1 Å². The van der Waals surface area contributed by atoms with E-state index in [0.717, 1.165) is 17.9 Å². The highest BCUT2D eigenvalue weighted by Gasteiger charge is 2.03. The summed E-state index contributed by atoms with van der Waals surface area (Å²) < 4.78 is 7.30. The van der Waals surface area contributed by atoms with E-state index in [4.69, 9.17) is 10.5 Å². The van der Waals surface area contributed by atoms with Crippen molar-refractivity contribution in [1.82, 2.24) is 9.55 Å². The summed E-state index contributed by atoms with van der Waals surface area (Å²) in [5, 5.41) is 0. The standard InChI is InChI=1S/C12H15N3O/c1-16-12-6-10(2-3-11(12)7-13)8-15-5-4-14-9-15/h2-6,9H,7-8,13H2,1H3. The fourth-order valence-electron chi connectivity index (χ4n) is 1.65. The lowest BCUT2D eigenvalue weighted by molar-refractivity contribution is 0.409. The molecule has 1 aromatic heterocycles. The molecule has 0 radical (unpaired) electrons. The Balaban J connectivity index is 2.22. The van der Waals surface area contributed by atoms with Crippen molar-refractivity contribution in [2.45, 2.75) is 13.1 Å². The fourth-order valence-corrected chi connectivity index (χ4v) is 1.65. The second-order valence-corrected chi connectivity index (χ2v) is 3.59. The number of hydrogen-bond donors (Lipinski definition) is 1. The summed E-state index contributed by atoms with van der Waals surface area (Å²) in [6, 6.07) is 6.08. The van der Waals surface area contributed by atoms with Gasteiger partial charge in [0.2, 0.25) is 0 Å². The summed E-state index contributed by atoms with van der Waals surface area (Å²) in [6.45, 7) is 1.29. The molecule has 1 heterocycles. The highest BCUT2D eigenvalue weighted by atomic mass is 16.5. The van der Waals surface area contributed by atoms with Crippen LogP contribution in [0, 0.1) is 0 Å². The molecule has 84 valence electrons. The molecule has 4 heteroatoms. The first kappa shape index (κ1) is 10.7. The molecule has 0 aliphatic carbocycles. The molecule has 2 aromatic rings. The van der Waals surface area contributed by atoms with E-state index in [1.165, 1.54) is 5.56 Å². The molecule has 0 atom stereocenters. The molecule has 0 aliphatic heterocycles. The van der Waals surface area contributed by atoms with E-state index in [9.17, 15) is 0 Å². The number of nitrogens with two attached hydrogens (primary N) is 1. The molecule has 2 rings (SSSR count). The third-order valence-electron chi connectivity index (χ3n) is 2.50. The molecule has 16 heavy (non-hydrogen) atoms. The van der Waals surface area contributed by atoms with Crippen LogP contribution in [-0.2, 0) is 13.1 Å². The Morgan fingerprint density at radius 1 is 1.44 bits per heavy atom. The number of nitrogens with zero attached hydrogens (tertiary/aromatic N) is 2.